The largest absolute Gasteiger partial charge is 0.780 e. The van der Waals surface area contributed by atoms with Crippen LogP contribution in [0.1, 0.15) is 6.42 Å². The Labute approximate surface area is 60.1 Å². The highest BCUT2D eigenvalue weighted by molar-refractivity contribution is 7.63. The number of allylic oxidation sites excluding steroid dienone is 3. The van der Waals surface area contributed by atoms with Crippen molar-refractivity contribution < 1.29 is 0 Å². The Kier molecular flexibility index (Phi) is 1.86. The fraction of sp³-hybridized carbons (Fsp3) is 0.286. The fourth-order valence-corrected chi connectivity index (χ4v) is 0.871. The van der Waals surface area contributed by atoms with Gasteiger partial charge >= 0.3 is 0 Å². The minimum Gasteiger partial charge on any atom is -0.780 e. The Morgan fingerprint density at radius 1 is 1.78 bits per heavy atom. The van der Waals surface area contributed by atoms with Crippen LogP contribution in [0.4, 0.5) is 0 Å². The minimum absolute atomic E-state index is 0.0525. The van der Waals surface area contributed by atoms with Crippen LogP contribution in [-0.4, -0.2) is 0 Å². The van der Waals surface area contributed by atoms with Gasteiger partial charge in [0.25, 0.3) is 0 Å². The summed E-state index contributed by atoms with van der Waals surface area (Å²) in [6.45, 7) is 0. The first-order chi connectivity index (χ1) is 4.33. The van der Waals surface area contributed by atoms with Gasteiger partial charge in [0.2, 0.25) is 0 Å². The van der Waals surface area contributed by atoms with Crippen LogP contribution in [0.25, 0.3) is 0 Å². The molecule has 1 atom stereocenters. The number of rotatable bonds is 0. The molecule has 0 radical (unpaired) electrons. The van der Waals surface area contributed by atoms with Crippen molar-refractivity contribution >= 4 is 12.6 Å². The lowest BCUT2D eigenvalue weighted by atomic mass is 10.0. The summed E-state index contributed by atoms with van der Waals surface area (Å²) in [5.41, 5.74) is 0. The summed E-state index contributed by atoms with van der Waals surface area (Å²) in [5, 5.41) is 8.41. The molecule has 0 bridgehead atoms. The number of hydrogen-bond donors (Lipinski definition) is 0. The molecule has 1 unspecified atom stereocenters. The Morgan fingerprint density at radius 2 is 2.56 bits per heavy atom. The van der Waals surface area contributed by atoms with Gasteiger partial charge in [-0.1, -0.05) is 12.2 Å². The molecule has 0 aliphatic heterocycles. The molecular weight excluding hydrogens is 130 g/mol. The van der Waals surface area contributed by atoms with Gasteiger partial charge in [0.1, 0.15) is 0 Å². The molecule has 0 amide bonds. The highest BCUT2D eigenvalue weighted by Gasteiger charge is 2.00. The number of nitriles is 1. The van der Waals surface area contributed by atoms with Crippen molar-refractivity contribution in [3.05, 3.63) is 23.1 Å². The van der Waals surface area contributed by atoms with Crippen LogP contribution in [0.2, 0.25) is 0 Å². The highest BCUT2D eigenvalue weighted by atomic mass is 32.1. The third-order valence-electron chi connectivity index (χ3n) is 1.23. The third kappa shape index (κ3) is 1.55. The topological polar surface area (TPSA) is 23.8 Å². The first-order valence-corrected chi connectivity index (χ1v) is 3.19. The summed E-state index contributed by atoms with van der Waals surface area (Å²) in [6.07, 6.45) is 6.35. The van der Waals surface area contributed by atoms with Gasteiger partial charge in [-0.05, 0) is 6.42 Å². The molecule has 0 N–H and O–H groups in total. The first kappa shape index (κ1) is 6.31. The lowest BCUT2D eigenvalue weighted by Gasteiger charge is -2.12. The van der Waals surface area contributed by atoms with Crippen molar-refractivity contribution in [1.82, 2.24) is 0 Å². The van der Waals surface area contributed by atoms with Gasteiger partial charge in [0, 0.05) is 0 Å². The van der Waals surface area contributed by atoms with Crippen LogP contribution in [0.15, 0.2) is 23.1 Å². The average molecular weight is 136 g/mol. The summed E-state index contributed by atoms with van der Waals surface area (Å²) < 4.78 is 0. The Morgan fingerprint density at radius 3 is 3.00 bits per heavy atom. The van der Waals surface area contributed by atoms with Crippen molar-refractivity contribution in [3.8, 4) is 6.07 Å². The van der Waals surface area contributed by atoms with Gasteiger partial charge in [0.15, 0.2) is 0 Å². The fourth-order valence-electron chi connectivity index (χ4n) is 0.696. The molecule has 1 aliphatic rings. The monoisotopic (exact) mass is 136 g/mol. The van der Waals surface area contributed by atoms with Crippen LogP contribution in [0.5, 0.6) is 0 Å². The van der Waals surface area contributed by atoms with Crippen LogP contribution in [0, 0.1) is 17.2 Å². The Bertz CT molecular complexity index is 197. The molecule has 0 heterocycles. The van der Waals surface area contributed by atoms with Crippen molar-refractivity contribution in [2.24, 2.45) is 5.92 Å². The lowest BCUT2D eigenvalue weighted by molar-refractivity contribution is 0.836. The van der Waals surface area contributed by atoms with E-state index in [4.69, 9.17) is 17.9 Å². The van der Waals surface area contributed by atoms with Crippen LogP contribution in [0.3, 0.4) is 0 Å². The van der Waals surface area contributed by atoms with Gasteiger partial charge < -0.3 is 12.6 Å². The molecule has 0 saturated heterocycles. The van der Waals surface area contributed by atoms with E-state index in [2.05, 4.69) is 6.07 Å². The van der Waals surface area contributed by atoms with Crippen LogP contribution >= 0.6 is 0 Å². The smallest absolute Gasteiger partial charge is 0.0700 e. The SMILES string of the molecule is N#CC1C=CC([S-])=CC1. The molecule has 1 aliphatic carbocycles. The number of nitrogens with zero attached hydrogens (tertiary/aromatic N) is 1. The van der Waals surface area contributed by atoms with E-state index >= 15 is 0 Å². The van der Waals surface area contributed by atoms with Gasteiger partial charge in [-0.15, -0.1) is 6.08 Å². The summed E-state index contributed by atoms with van der Waals surface area (Å²) >= 11 is 4.85. The molecular formula is C7H6NS-. The first-order valence-electron chi connectivity index (χ1n) is 2.78. The molecule has 0 aromatic carbocycles. The van der Waals surface area contributed by atoms with Crippen molar-refractivity contribution in [2.45, 2.75) is 6.42 Å². The van der Waals surface area contributed by atoms with E-state index in [1.807, 2.05) is 18.2 Å². The summed E-state index contributed by atoms with van der Waals surface area (Å²) in [4.78, 5) is 0.849. The standard InChI is InChI=1S/C7H7NS/c8-5-6-1-3-7(9)4-2-6/h1,3-4,6,9H,2H2/p-1. The van der Waals surface area contributed by atoms with Gasteiger partial charge in [0.05, 0.1) is 12.0 Å². The lowest BCUT2D eigenvalue weighted by Crippen LogP contribution is -1.94. The third-order valence-corrected chi connectivity index (χ3v) is 1.53. The van der Waals surface area contributed by atoms with Crippen LogP contribution < -0.4 is 0 Å². The zero-order valence-corrected chi connectivity index (χ0v) is 5.69. The summed E-state index contributed by atoms with van der Waals surface area (Å²) in [7, 11) is 0. The van der Waals surface area contributed by atoms with Gasteiger partial charge in [-0.25, -0.2) is 0 Å². The minimum atomic E-state index is 0.0525. The van der Waals surface area contributed by atoms with E-state index in [9.17, 15) is 0 Å². The molecule has 1 nitrogen and oxygen atoms in total. The van der Waals surface area contributed by atoms with E-state index in [1.165, 1.54) is 0 Å². The zero-order valence-electron chi connectivity index (χ0n) is 4.87. The van der Waals surface area contributed by atoms with Crippen molar-refractivity contribution in [3.63, 3.8) is 0 Å². The summed E-state index contributed by atoms with van der Waals surface area (Å²) in [5.74, 6) is 0.0525. The predicted molar refractivity (Wildman–Crippen MR) is 38.3 cm³/mol. The highest BCUT2D eigenvalue weighted by Crippen LogP contribution is 2.13. The second kappa shape index (κ2) is 2.65. The normalized spacial score (nSPS) is 24.8. The maximum atomic E-state index is 8.41. The van der Waals surface area contributed by atoms with E-state index in [1.54, 1.807) is 0 Å². The Hall–Kier alpha value is -0.810. The number of hydrogen-bond acceptors (Lipinski definition) is 2. The van der Waals surface area contributed by atoms with Gasteiger partial charge in [-0.3, -0.25) is 0 Å². The molecule has 46 valence electrons. The quantitative estimate of drug-likeness (QED) is 0.471. The molecule has 1 rings (SSSR count). The predicted octanol–water partition coefficient (Wildman–Crippen LogP) is 1.52. The van der Waals surface area contributed by atoms with Crippen molar-refractivity contribution in [2.75, 3.05) is 0 Å². The van der Waals surface area contributed by atoms with E-state index < -0.39 is 0 Å². The maximum absolute atomic E-state index is 8.41. The molecule has 9 heavy (non-hydrogen) atoms. The molecule has 0 saturated carbocycles. The second-order valence-electron chi connectivity index (χ2n) is 1.94. The zero-order chi connectivity index (χ0) is 6.69. The molecule has 0 fully saturated rings. The average Bonchev–Trinajstić information content (AvgIpc) is 1.90. The van der Waals surface area contributed by atoms with Gasteiger partial charge in [-0.2, -0.15) is 10.2 Å². The van der Waals surface area contributed by atoms with E-state index in [0.717, 1.165) is 11.3 Å². The van der Waals surface area contributed by atoms with Crippen molar-refractivity contribution in [1.29, 1.82) is 5.26 Å². The van der Waals surface area contributed by atoms with E-state index in [0.29, 0.717) is 0 Å². The van der Waals surface area contributed by atoms with E-state index in [-0.39, 0.29) is 5.92 Å². The second-order valence-corrected chi connectivity index (χ2v) is 2.41. The molecule has 0 spiro atoms. The molecule has 0 aromatic rings. The molecule has 2 heteroatoms. The molecule has 0 aromatic heterocycles. The maximum Gasteiger partial charge on any atom is 0.0700 e. The van der Waals surface area contributed by atoms with Crippen LogP contribution in [-0.2, 0) is 12.6 Å². The Balaban J connectivity index is 2.61. The summed E-state index contributed by atoms with van der Waals surface area (Å²) in [6, 6.07) is 2.15.